The number of hydrogen-bond acceptors (Lipinski definition) is 2. The summed E-state index contributed by atoms with van der Waals surface area (Å²) < 4.78 is 0. The molecule has 122 valence electrons. The van der Waals surface area contributed by atoms with Crippen LogP contribution in [0.1, 0.15) is 37.7 Å². The van der Waals surface area contributed by atoms with Gasteiger partial charge >= 0.3 is 5.97 Å². The summed E-state index contributed by atoms with van der Waals surface area (Å²) in [4.78, 5) is 22.1. The molecule has 4 heteroatoms. The summed E-state index contributed by atoms with van der Waals surface area (Å²) >= 11 is 0. The van der Waals surface area contributed by atoms with Crippen LogP contribution in [0, 0.1) is 0 Å². The van der Waals surface area contributed by atoms with Crippen LogP contribution in [0.4, 0.5) is 0 Å². The van der Waals surface area contributed by atoms with Crippen molar-refractivity contribution in [2.75, 3.05) is 6.54 Å². The SMILES string of the molecule is O=C(O)CCCCNC(=O)CCCc1ccc2ccccc2c1. The van der Waals surface area contributed by atoms with Gasteiger partial charge in [-0.25, -0.2) is 0 Å². The third kappa shape index (κ3) is 6.10. The van der Waals surface area contributed by atoms with Crippen LogP contribution in [0.2, 0.25) is 0 Å². The first-order chi connectivity index (χ1) is 11.1. The predicted octanol–water partition coefficient (Wildman–Crippen LogP) is 3.53. The number of amides is 1. The lowest BCUT2D eigenvalue weighted by Gasteiger charge is -2.06. The molecule has 0 saturated heterocycles. The van der Waals surface area contributed by atoms with E-state index in [1.807, 2.05) is 12.1 Å². The predicted molar refractivity (Wildman–Crippen MR) is 91.4 cm³/mol. The molecular weight excluding hydrogens is 290 g/mol. The molecule has 2 aromatic carbocycles. The zero-order valence-electron chi connectivity index (χ0n) is 13.3. The normalized spacial score (nSPS) is 10.6. The van der Waals surface area contributed by atoms with E-state index in [-0.39, 0.29) is 12.3 Å². The molecule has 23 heavy (non-hydrogen) atoms. The molecule has 0 aliphatic carbocycles. The highest BCUT2D eigenvalue weighted by Gasteiger charge is 2.03. The third-order valence-corrected chi connectivity index (χ3v) is 3.82. The number of hydrogen-bond donors (Lipinski definition) is 2. The maximum Gasteiger partial charge on any atom is 0.303 e. The van der Waals surface area contributed by atoms with Crippen LogP contribution >= 0.6 is 0 Å². The molecule has 2 N–H and O–H groups in total. The fourth-order valence-electron chi connectivity index (χ4n) is 2.56. The van der Waals surface area contributed by atoms with Crippen molar-refractivity contribution in [3.63, 3.8) is 0 Å². The summed E-state index contributed by atoms with van der Waals surface area (Å²) in [6.07, 6.45) is 3.69. The van der Waals surface area contributed by atoms with E-state index < -0.39 is 5.97 Å². The van der Waals surface area contributed by atoms with E-state index in [0.717, 1.165) is 12.8 Å². The molecule has 4 nitrogen and oxygen atoms in total. The first-order valence-corrected chi connectivity index (χ1v) is 8.11. The molecule has 0 aliphatic heterocycles. The number of nitrogens with one attached hydrogen (secondary N) is 1. The maximum atomic E-state index is 11.7. The number of unbranched alkanes of at least 4 members (excludes halogenated alkanes) is 1. The van der Waals surface area contributed by atoms with Gasteiger partial charge in [0.1, 0.15) is 0 Å². The Morgan fingerprint density at radius 2 is 1.70 bits per heavy atom. The molecule has 0 unspecified atom stereocenters. The van der Waals surface area contributed by atoms with E-state index in [1.54, 1.807) is 0 Å². The largest absolute Gasteiger partial charge is 0.481 e. The van der Waals surface area contributed by atoms with Crippen LogP contribution in [0.25, 0.3) is 10.8 Å². The van der Waals surface area contributed by atoms with Gasteiger partial charge in [-0.1, -0.05) is 42.5 Å². The van der Waals surface area contributed by atoms with E-state index in [1.165, 1.54) is 16.3 Å². The second kappa shape index (κ2) is 8.93. The molecule has 1 amide bonds. The van der Waals surface area contributed by atoms with Crippen LogP contribution in [-0.4, -0.2) is 23.5 Å². The lowest BCUT2D eigenvalue weighted by atomic mass is 10.0. The molecule has 2 rings (SSSR count). The van der Waals surface area contributed by atoms with E-state index in [0.29, 0.717) is 25.8 Å². The molecule has 0 atom stereocenters. The minimum Gasteiger partial charge on any atom is -0.481 e. The molecule has 0 heterocycles. The highest BCUT2D eigenvalue weighted by atomic mass is 16.4. The van der Waals surface area contributed by atoms with Crippen LogP contribution < -0.4 is 5.32 Å². The van der Waals surface area contributed by atoms with Crippen LogP contribution in [-0.2, 0) is 16.0 Å². The zero-order chi connectivity index (χ0) is 16.5. The molecule has 2 aromatic rings. The molecular formula is C19H23NO3. The molecule has 0 spiro atoms. The number of aryl methyl sites for hydroxylation is 1. The van der Waals surface area contributed by atoms with Gasteiger partial charge in [-0.3, -0.25) is 9.59 Å². The van der Waals surface area contributed by atoms with Crippen molar-refractivity contribution in [1.29, 1.82) is 0 Å². The highest BCUT2D eigenvalue weighted by Crippen LogP contribution is 2.16. The lowest BCUT2D eigenvalue weighted by Crippen LogP contribution is -2.24. The third-order valence-electron chi connectivity index (χ3n) is 3.82. The average Bonchev–Trinajstić information content (AvgIpc) is 2.54. The number of aliphatic carboxylic acids is 1. The Labute approximate surface area is 136 Å². The lowest BCUT2D eigenvalue weighted by molar-refractivity contribution is -0.137. The molecule has 0 aromatic heterocycles. The molecule has 0 aliphatic rings. The summed E-state index contributed by atoms with van der Waals surface area (Å²) in [7, 11) is 0. The van der Waals surface area contributed by atoms with Crippen LogP contribution in [0.5, 0.6) is 0 Å². The van der Waals surface area contributed by atoms with Gasteiger partial charge in [0.25, 0.3) is 0 Å². The summed E-state index contributed by atoms with van der Waals surface area (Å²) in [6, 6.07) is 14.7. The van der Waals surface area contributed by atoms with Crippen LogP contribution in [0.3, 0.4) is 0 Å². The minimum atomic E-state index is -0.785. The zero-order valence-corrected chi connectivity index (χ0v) is 13.3. The van der Waals surface area contributed by atoms with Crippen molar-refractivity contribution < 1.29 is 14.7 Å². The monoisotopic (exact) mass is 313 g/mol. The Bertz CT molecular complexity index is 666. The fraction of sp³-hybridized carbons (Fsp3) is 0.368. The standard InChI is InChI=1S/C19H23NO3/c21-18(20-13-4-3-10-19(22)23)9-5-6-15-11-12-16-7-1-2-8-17(16)14-15/h1-2,7-8,11-12,14H,3-6,9-10,13H2,(H,20,21)(H,22,23). The smallest absolute Gasteiger partial charge is 0.303 e. The topological polar surface area (TPSA) is 66.4 Å². The summed E-state index contributed by atoms with van der Waals surface area (Å²) in [5.41, 5.74) is 1.25. The minimum absolute atomic E-state index is 0.0427. The van der Waals surface area contributed by atoms with Gasteiger partial charge in [0.2, 0.25) is 5.91 Å². The van der Waals surface area contributed by atoms with Gasteiger partial charge in [0.05, 0.1) is 0 Å². The van der Waals surface area contributed by atoms with E-state index in [4.69, 9.17) is 5.11 Å². The van der Waals surface area contributed by atoms with Crippen molar-refractivity contribution in [3.05, 3.63) is 48.0 Å². The first-order valence-electron chi connectivity index (χ1n) is 8.11. The number of benzene rings is 2. The molecule has 0 saturated carbocycles. The number of carboxylic acid groups (broad SMARTS) is 1. The first kappa shape index (κ1) is 17.0. The fourth-order valence-corrected chi connectivity index (χ4v) is 2.56. The van der Waals surface area contributed by atoms with Gasteiger partial charge in [-0.05, 0) is 42.0 Å². The number of rotatable bonds is 9. The van der Waals surface area contributed by atoms with Crippen LogP contribution in [0.15, 0.2) is 42.5 Å². The number of carbonyl (C=O) groups is 2. The van der Waals surface area contributed by atoms with E-state index >= 15 is 0 Å². The molecule has 0 fully saturated rings. The summed E-state index contributed by atoms with van der Waals surface area (Å²) in [6.45, 7) is 0.558. The molecule has 0 bridgehead atoms. The average molecular weight is 313 g/mol. The van der Waals surface area contributed by atoms with Gasteiger partial charge in [-0.2, -0.15) is 0 Å². The number of carbonyl (C=O) groups excluding carboxylic acids is 1. The Morgan fingerprint density at radius 1 is 0.913 bits per heavy atom. The summed E-state index contributed by atoms with van der Waals surface area (Å²) in [5, 5.41) is 13.8. The Morgan fingerprint density at radius 3 is 2.48 bits per heavy atom. The Kier molecular flexibility index (Phi) is 6.60. The van der Waals surface area contributed by atoms with Crippen molar-refractivity contribution >= 4 is 22.6 Å². The Balaban J connectivity index is 1.65. The van der Waals surface area contributed by atoms with E-state index in [2.05, 4.69) is 35.6 Å². The highest BCUT2D eigenvalue weighted by molar-refractivity contribution is 5.83. The van der Waals surface area contributed by atoms with Gasteiger partial charge < -0.3 is 10.4 Å². The van der Waals surface area contributed by atoms with Gasteiger partial charge in [0.15, 0.2) is 0 Å². The maximum absolute atomic E-state index is 11.7. The second-order valence-corrected chi connectivity index (χ2v) is 5.74. The molecule has 0 radical (unpaired) electrons. The Hall–Kier alpha value is -2.36. The van der Waals surface area contributed by atoms with Crippen molar-refractivity contribution in [3.8, 4) is 0 Å². The number of fused-ring (bicyclic) bond motifs is 1. The van der Waals surface area contributed by atoms with E-state index in [9.17, 15) is 9.59 Å². The van der Waals surface area contributed by atoms with Crippen molar-refractivity contribution in [1.82, 2.24) is 5.32 Å². The quantitative estimate of drug-likeness (QED) is 0.696. The van der Waals surface area contributed by atoms with Gasteiger partial charge in [0, 0.05) is 19.4 Å². The summed E-state index contributed by atoms with van der Waals surface area (Å²) in [5.74, 6) is -0.743. The number of carboxylic acids is 1. The van der Waals surface area contributed by atoms with Crippen molar-refractivity contribution in [2.24, 2.45) is 0 Å². The van der Waals surface area contributed by atoms with Gasteiger partial charge in [-0.15, -0.1) is 0 Å². The second-order valence-electron chi connectivity index (χ2n) is 5.74. The van der Waals surface area contributed by atoms with Crippen molar-refractivity contribution in [2.45, 2.75) is 38.5 Å².